The molecule has 1 aromatic rings. The van der Waals surface area contributed by atoms with Gasteiger partial charge in [-0.15, -0.1) is 0 Å². The normalized spacial score (nSPS) is 14.3. The smallest absolute Gasteiger partial charge is 0.307 e. The van der Waals surface area contributed by atoms with Crippen molar-refractivity contribution >= 4 is 5.97 Å². The van der Waals surface area contributed by atoms with E-state index in [1.54, 1.807) is 24.3 Å². The fraction of sp³-hybridized carbons (Fsp3) is 0.417. The van der Waals surface area contributed by atoms with E-state index in [4.69, 9.17) is 10.2 Å². The highest BCUT2D eigenvalue weighted by Gasteiger charge is 2.18. The third-order valence-electron chi connectivity index (χ3n) is 2.44. The molecule has 1 aromatic carbocycles. The molecule has 0 aliphatic rings. The van der Waals surface area contributed by atoms with Crippen molar-refractivity contribution in [3.63, 3.8) is 0 Å². The molecule has 0 radical (unpaired) electrons. The summed E-state index contributed by atoms with van der Waals surface area (Å²) in [5, 5.41) is 36.6. The Hall–Kier alpha value is -1.43. The fourth-order valence-electron chi connectivity index (χ4n) is 1.57. The average molecular weight is 240 g/mol. The summed E-state index contributed by atoms with van der Waals surface area (Å²) in [6.45, 7) is -0.215. The van der Waals surface area contributed by atoms with Gasteiger partial charge in [-0.25, -0.2) is 0 Å². The van der Waals surface area contributed by atoms with E-state index in [1.807, 2.05) is 0 Å². The van der Waals surface area contributed by atoms with Gasteiger partial charge in [0.2, 0.25) is 0 Å². The van der Waals surface area contributed by atoms with Crippen molar-refractivity contribution < 1.29 is 25.2 Å². The summed E-state index contributed by atoms with van der Waals surface area (Å²) >= 11 is 0. The van der Waals surface area contributed by atoms with E-state index in [1.165, 1.54) is 0 Å². The van der Waals surface area contributed by atoms with Crippen LogP contribution in [0.5, 0.6) is 0 Å². The van der Waals surface area contributed by atoms with Gasteiger partial charge in [0.1, 0.15) is 6.10 Å². The highest BCUT2D eigenvalue weighted by Crippen LogP contribution is 2.20. The number of aliphatic carboxylic acids is 1. The van der Waals surface area contributed by atoms with E-state index in [-0.39, 0.29) is 19.4 Å². The number of benzene rings is 1. The second kappa shape index (κ2) is 6.34. The van der Waals surface area contributed by atoms with E-state index in [2.05, 4.69) is 0 Å². The number of carboxylic acids is 1. The lowest BCUT2D eigenvalue weighted by Gasteiger charge is -2.17. The number of aliphatic hydroxyl groups is 3. The van der Waals surface area contributed by atoms with Gasteiger partial charge >= 0.3 is 5.97 Å². The molecule has 0 bridgehead atoms. The zero-order valence-corrected chi connectivity index (χ0v) is 9.28. The quantitative estimate of drug-likeness (QED) is 0.565. The molecule has 2 unspecified atom stereocenters. The molecule has 4 N–H and O–H groups in total. The molecule has 0 spiro atoms. The topological polar surface area (TPSA) is 98.0 Å². The number of aliphatic hydroxyl groups excluding tert-OH is 3. The summed E-state index contributed by atoms with van der Waals surface area (Å²) in [6, 6.07) is 6.42. The van der Waals surface area contributed by atoms with Crippen LogP contribution in [-0.2, 0) is 11.2 Å². The Bertz CT molecular complexity index is 377. The molecule has 0 saturated heterocycles. The second-order valence-corrected chi connectivity index (χ2v) is 3.84. The Kier molecular flexibility index (Phi) is 5.09. The van der Waals surface area contributed by atoms with Crippen molar-refractivity contribution in [3.05, 3.63) is 35.4 Å². The highest BCUT2D eigenvalue weighted by atomic mass is 16.4. The van der Waals surface area contributed by atoms with Gasteiger partial charge in [-0.05, 0) is 17.5 Å². The summed E-state index contributed by atoms with van der Waals surface area (Å²) in [7, 11) is 0. The van der Waals surface area contributed by atoms with Crippen LogP contribution >= 0.6 is 0 Å². The minimum absolute atomic E-state index is 0.0737. The Morgan fingerprint density at radius 1 is 1.29 bits per heavy atom. The number of carboxylic acid groups (broad SMARTS) is 1. The van der Waals surface area contributed by atoms with Gasteiger partial charge in [0, 0.05) is 6.61 Å². The first-order valence-corrected chi connectivity index (χ1v) is 5.32. The Morgan fingerprint density at radius 2 is 2.00 bits per heavy atom. The maximum absolute atomic E-state index is 10.5. The van der Waals surface area contributed by atoms with Crippen LogP contribution in [0.25, 0.3) is 0 Å². The summed E-state index contributed by atoms with van der Waals surface area (Å²) in [6.07, 6.45) is -2.22. The predicted octanol–water partition coefficient (Wildman–Crippen LogP) is 0.0904. The average Bonchev–Trinajstić information content (AvgIpc) is 2.28. The molecule has 5 nitrogen and oxygen atoms in total. The minimum Gasteiger partial charge on any atom is -0.481 e. The molecule has 0 heterocycles. The van der Waals surface area contributed by atoms with Gasteiger partial charge in [-0.3, -0.25) is 4.79 Å². The third kappa shape index (κ3) is 4.14. The number of rotatable bonds is 6. The zero-order valence-electron chi connectivity index (χ0n) is 9.28. The third-order valence-corrected chi connectivity index (χ3v) is 2.44. The summed E-state index contributed by atoms with van der Waals surface area (Å²) < 4.78 is 0. The largest absolute Gasteiger partial charge is 0.481 e. The summed E-state index contributed by atoms with van der Waals surface area (Å²) in [5.74, 6) is -0.951. The Labute approximate surface area is 99.0 Å². The molecule has 0 aromatic heterocycles. The first-order valence-electron chi connectivity index (χ1n) is 5.32. The fourth-order valence-corrected chi connectivity index (χ4v) is 1.57. The molecule has 0 fully saturated rings. The van der Waals surface area contributed by atoms with Crippen LogP contribution in [-0.4, -0.2) is 39.1 Å². The molecule has 0 aliphatic heterocycles. The van der Waals surface area contributed by atoms with Crippen molar-refractivity contribution in [1.82, 2.24) is 0 Å². The van der Waals surface area contributed by atoms with Crippen molar-refractivity contribution in [3.8, 4) is 0 Å². The zero-order chi connectivity index (χ0) is 12.8. The number of carbonyl (C=O) groups is 1. The molecular weight excluding hydrogens is 224 g/mol. The molecule has 17 heavy (non-hydrogen) atoms. The van der Waals surface area contributed by atoms with Crippen molar-refractivity contribution in [2.75, 3.05) is 6.61 Å². The SMILES string of the molecule is O=C(O)Cc1cccc(C(O)C(O)CCO)c1. The lowest BCUT2D eigenvalue weighted by Crippen LogP contribution is -2.19. The van der Waals surface area contributed by atoms with Crippen LogP contribution in [0.1, 0.15) is 23.7 Å². The van der Waals surface area contributed by atoms with Crippen molar-refractivity contribution in [2.45, 2.75) is 25.0 Å². The lowest BCUT2D eigenvalue weighted by molar-refractivity contribution is -0.136. The highest BCUT2D eigenvalue weighted by molar-refractivity contribution is 5.70. The predicted molar refractivity (Wildman–Crippen MR) is 60.5 cm³/mol. The first kappa shape index (κ1) is 13.6. The molecule has 94 valence electrons. The summed E-state index contributed by atoms with van der Waals surface area (Å²) in [5.41, 5.74) is 1.01. The van der Waals surface area contributed by atoms with Gasteiger partial charge < -0.3 is 20.4 Å². The lowest BCUT2D eigenvalue weighted by atomic mass is 9.99. The van der Waals surface area contributed by atoms with Crippen LogP contribution in [0.4, 0.5) is 0 Å². The standard InChI is InChI=1S/C12H16O5/c13-5-4-10(14)12(17)9-3-1-2-8(6-9)7-11(15)16/h1-3,6,10,12-14,17H,4-5,7H2,(H,15,16). The second-order valence-electron chi connectivity index (χ2n) is 3.84. The maximum atomic E-state index is 10.5. The van der Waals surface area contributed by atoms with Crippen LogP contribution in [0, 0.1) is 0 Å². The van der Waals surface area contributed by atoms with Gasteiger partial charge in [-0.2, -0.15) is 0 Å². The first-order chi connectivity index (χ1) is 8.04. The van der Waals surface area contributed by atoms with Crippen LogP contribution < -0.4 is 0 Å². The molecule has 0 saturated carbocycles. The maximum Gasteiger partial charge on any atom is 0.307 e. The van der Waals surface area contributed by atoms with E-state index >= 15 is 0 Å². The molecule has 0 amide bonds. The van der Waals surface area contributed by atoms with Gasteiger partial charge in [0.05, 0.1) is 12.5 Å². The minimum atomic E-state index is -1.11. The Morgan fingerprint density at radius 3 is 2.59 bits per heavy atom. The summed E-state index contributed by atoms with van der Waals surface area (Å²) in [4.78, 5) is 10.5. The van der Waals surface area contributed by atoms with Crippen molar-refractivity contribution in [1.29, 1.82) is 0 Å². The van der Waals surface area contributed by atoms with Crippen LogP contribution in [0.3, 0.4) is 0 Å². The van der Waals surface area contributed by atoms with E-state index < -0.39 is 18.2 Å². The van der Waals surface area contributed by atoms with Gasteiger partial charge in [0.15, 0.2) is 0 Å². The molecular formula is C12H16O5. The van der Waals surface area contributed by atoms with Crippen molar-refractivity contribution in [2.24, 2.45) is 0 Å². The van der Waals surface area contributed by atoms with Crippen LogP contribution in [0.2, 0.25) is 0 Å². The van der Waals surface area contributed by atoms with Gasteiger partial charge in [0.25, 0.3) is 0 Å². The molecule has 1 rings (SSSR count). The monoisotopic (exact) mass is 240 g/mol. The van der Waals surface area contributed by atoms with E-state index in [0.29, 0.717) is 11.1 Å². The van der Waals surface area contributed by atoms with E-state index in [0.717, 1.165) is 0 Å². The Balaban J connectivity index is 2.79. The number of hydrogen-bond acceptors (Lipinski definition) is 4. The van der Waals surface area contributed by atoms with Crippen LogP contribution in [0.15, 0.2) is 24.3 Å². The molecule has 0 aliphatic carbocycles. The molecule has 5 heteroatoms. The van der Waals surface area contributed by atoms with E-state index in [9.17, 15) is 15.0 Å². The molecule has 2 atom stereocenters. The van der Waals surface area contributed by atoms with Gasteiger partial charge in [-0.1, -0.05) is 24.3 Å². The number of hydrogen-bond donors (Lipinski definition) is 4.